The summed E-state index contributed by atoms with van der Waals surface area (Å²) in [5.41, 5.74) is -0.369. The molecule has 0 aromatic heterocycles. The van der Waals surface area contributed by atoms with Gasteiger partial charge in [0.1, 0.15) is 17.8 Å². The van der Waals surface area contributed by atoms with Crippen LogP contribution in [0.3, 0.4) is 0 Å². The van der Waals surface area contributed by atoms with Crippen molar-refractivity contribution < 1.29 is 24.2 Å². The molecule has 8 heteroatoms. The Labute approximate surface area is 177 Å². The van der Waals surface area contributed by atoms with Gasteiger partial charge < -0.3 is 20.5 Å². The van der Waals surface area contributed by atoms with Crippen LogP contribution in [0, 0.1) is 11.3 Å². The van der Waals surface area contributed by atoms with E-state index < -0.39 is 23.6 Å². The molecular formula is C22H31N3O5. The van der Waals surface area contributed by atoms with E-state index in [1.807, 2.05) is 0 Å². The number of ether oxygens (including phenoxy) is 1. The average Bonchev–Trinajstić information content (AvgIpc) is 2.87. The molecule has 30 heavy (non-hydrogen) atoms. The summed E-state index contributed by atoms with van der Waals surface area (Å²) in [5.74, 6) is 0.137. The number of aliphatic hydroxyl groups is 1. The van der Waals surface area contributed by atoms with Crippen molar-refractivity contribution in [3.8, 4) is 5.75 Å². The van der Waals surface area contributed by atoms with E-state index in [9.17, 15) is 19.5 Å². The molecule has 3 atom stereocenters. The van der Waals surface area contributed by atoms with Gasteiger partial charge >= 0.3 is 6.03 Å². The number of rotatable bonds is 6. The second kappa shape index (κ2) is 8.26. The van der Waals surface area contributed by atoms with Crippen LogP contribution in [0.5, 0.6) is 5.75 Å². The molecule has 1 saturated heterocycles. The highest BCUT2D eigenvalue weighted by atomic mass is 16.5. The van der Waals surface area contributed by atoms with Crippen molar-refractivity contribution in [3.63, 3.8) is 0 Å². The van der Waals surface area contributed by atoms with Crippen molar-refractivity contribution in [3.05, 3.63) is 29.8 Å². The molecule has 2 aliphatic rings. The van der Waals surface area contributed by atoms with E-state index in [1.165, 1.54) is 0 Å². The number of nitrogens with one attached hydrogen (secondary N) is 2. The monoisotopic (exact) mass is 417 g/mol. The molecule has 1 aromatic carbocycles. The minimum absolute atomic E-state index is 0.0238. The van der Waals surface area contributed by atoms with E-state index >= 15 is 0 Å². The first kappa shape index (κ1) is 22.1. The van der Waals surface area contributed by atoms with Crippen LogP contribution in [0.25, 0.3) is 0 Å². The van der Waals surface area contributed by atoms with Crippen molar-refractivity contribution in [1.82, 2.24) is 15.5 Å². The predicted octanol–water partition coefficient (Wildman–Crippen LogP) is 1.98. The van der Waals surface area contributed by atoms with E-state index in [0.29, 0.717) is 30.1 Å². The third kappa shape index (κ3) is 4.59. The van der Waals surface area contributed by atoms with Gasteiger partial charge in [0.05, 0.1) is 13.2 Å². The zero-order chi connectivity index (χ0) is 22.1. The van der Waals surface area contributed by atoms with Crippen LogP contribution in [0.1, 0.15) is 51.7 Å². The van der Waals surface area contributed by atoms with Gasteiger partial charge in [-0.25, -0.2) is 4.79 Å². The van der Waals surface area contributed by atoms with Crippen molar-refractivity contribution in [2.24, 2.45) is 11.3 Å². The highest BCUT2D eigenvalue weighted by Gasteiger charge is 2.56. The molecule has 1 heterocycles. The number of hydrogen-bond acceptors (Lipinski definition) is 5. The number of methoxy groups -OCH3 is 1. The Morgan fingerprint density at radius 1 is 1.30 bits per heavy atom. The lowest BCUT2D eigenvalue weighted by Crippen LogP contribution is -2.54. The molecule has 8 nitrogen and oxygen atoms in total. The molecule has 3 unspecified atom stereocenters. The van der Waals surface area contributed by atoms with Gasteiger partial charge in [-0.1, -0.05) is 32.9 Å². The van der Waals surface area contributed by atoms with E-state index in [1.54, 1.807) is 31.4 Å². The summed E-state index contributed by atoms with van der Waals surface area (Å²) in [6.07, 6.45) is 1.22. The molecule has 4 amide bonds. The van der Waals surface area contributed by atoms with E-state index in [0.717, 1.165) is 11.3 Å². The van der Waals surface area contributed by atoms with Crippen LogP contribution in [-0.4, -0.2) is 53.6 Å². The van der Waals surface area contributed by atoms with E-state index in [2.05, 4.69) is 31.4 Å². The second-order valence-corrected chi connectivity index (χ2v) is 9.35. The van der Waals surface area contributed by atoms with Crippen LogP contribution < -0.4 is 15.4 Å². The summed E-state index contributed by atoms with van der Waals surface area (Å²) in [4.78, 5) is 38.9. The molecule has 1 aliphatic carbocycles. The molecular weight excluding hydrogens is 386 g/mol. The number of imide groups is 1. The van der Waals surface area contributed by atoms with Crippen molar-refractivity contribution >= 4 is 17.8 Å². The number of aliphatic hydroxyl groups excluding tert-OH is 1. The van der Waals surface area contributed by atoms with Gasteiger partial charge in [-0.3, -0.25) is 14.5 Å². The number of hydrogen-bond donors (Lipinski definition) is 3. The Kier molecular flexibility index (Phi) is 6.08. The van der Waals surface area contributed by atoms with Crippen molar-refractivity contribution in [1.29, 1.82) is 0 Å². The Hall–Kier alpha value is -2.61. The SMILES string of the molecule is COc1ccc(C(O)CNC(=O)CN2C(=O)NC3(CC(C)CC(C)(C)C3)C2=O)cc1. The largest absolute Gasteiger partial charge is 0.497 e. The van der Waals surface area contributed by atoms with Gasteiger partial charge in [-0.2, -0.15) is 0 Å². The number of benzene rings is 1. The van der Waals surface area contributed by atoms with Gasteiger partial charge in [0, 0.05) is 6.54 Å². The van der Waals surface area contributed by atoms with Crippen LogP contribution in [-0.2, 0) is 9.59 Å². The van der Waals surface area contributed by atoms with Gasteiger partial charge in [0.2, 0.25) is 5.91 Å². The predicted molar refractivity (Wildman–Crippen MR) is 111 cm³/mol. The third-order valence-electron chi connectivity index (χ3n) is 5.92. The van der Waals surface area contributed by atoms with Crippen LogP contribution in [0.15, 0.2) is 24.3 Å². The first-order chi connectivity index (χ1) is 14.0. The maximum atomic E-state index is 13.1. The average molecular weight is 418 g/mol. The fourth-order valence-corrected chi connectivity index (χ4v) is 5.00. The summed E-state index contributed by atoms with van der Waals surface area (Å²) >= 11 is 0. The maximum Gasteiger partial charge on any atom is 0.325 e. The van der Waals surface area contributed by atoms with Gasteiger partial charge in [-0.15, -0.1) is 0 Å². The Balaban J connectivity index is 1.58. The van der Waals surface area contributed by atoms with Crippen LogP contribution in [0.2, 0.25) is 0 Å². The lowest BCUT2D eigenvalue weighted by Gasteiger charge is -2.43. The van der Waals surface area contributed by atoms with Crippen LogP contribution in [0.4, 0.5) is 4.79 Å². The number of nitrogens with zero attached hydrogens (tertiary/aromatic N) is 1. The smallest absolute Gasteiger partial charge is 0.325 e. The summed E-state index contributed by atoms with van der Waals surface area (Å²) in [5, 5.41) is 15.7. The number of carbonyl (C=O) groups excluding carboxylic acids is 3. The molecule has 0 bridgehead atoms. The molecule has 2 fully saturated rings. The summed E-state index contributed by atoms with van der Waals surface area (Å²) < 4.78 is 5.08. The van der Waals surface area contributed by atoms with Crippen LogP contribution >= 0.6 is 0 Å². The normalized spacial score (nSPS) is 26.4. The number of carbonyl (C=O) groups is 3. The maximum absolute atomic E-state index is 13.1. The third-order valence-corrected chi connectivity index (χ3v) is 5.92. The molecule has 1 saturated carbocycles. The summed E-state index contributed by atoms with van der Waals surface area (Å²) in [7, 11) is 1.56. The molecule has 164 valence electrons. The highest BCUT2D eigenvalue weighted by molar-refractivity contribution is 6.09. The number of amides is 4. The molecule has 1 aromatic rings. The van der Waals surface area contributed by atoms with Crippen molar-refractivity contribution in [2.75, 3.05) is 20.2 Å². The molecule has 3 N–H and O–H groups in total. The highest BCUT2D eigenvalue weighted by Crippen LogP contribution is 2.46. The lowest BCUT2D eigenvalue weighted by atomic mass is 9.64. The first-order valence-electron chi connectivity index (χ1n) is 10.3. The zero-order valence-electron chi connectivity index (χ0n) is 18.0. The standard InChI is InChI=1S/C22H31N3O5/c1-14-9-21(2,3)13-22(10-14)19(28)25(20(29)24-22)12-18(27)23-11-17(26)15-5-7-16(30-4)8-6-15/h5-8,14,17,26H,9-13H2,1-4H3,(H,23,27)(H,24,29). The molecule has 1 spiro atoms. The fraction of sp³-hybridized carbons (Fsp3) is 0.591. The Bertz CT molecular complexity index is 823. The minimum Gasteiger partial charge on any atom is -0.497 e. The quantitative estimate of drug-likeness (QED) is 0.614. The van der Waals surface area contributed by atoms with E-state index in [4.69, 9.17) is 4.74 Å². The fourth-order valence-electron chi connectivity index (χ4n) is 5.00. The van der Waals surface area contributed by atoms with Gasteiger partial charge in [0.25, 0.3) is 5.91 Å². The Morgan fingerprint density at radius 3 is 2.57 bits per heavy atom. The van der Waals surface area contributed by atoms with Gasteiger partial charge in [-0.05, 0) is 48.3 Å². The summed E-state index contributed by atoms with van der Waals surface area (Å²) in [6.45, 7) is 5.89. The van der Waals surface area contributed by atoms with Gasteiger partial charge in [0.15, 0.2) is 0 Å². The molecule has 0 radical (unpaired) electrons. The van der Waals surface area contributed by atoms with Crippen molar-refractivity contribution in [2.45, 2.75) is 51.7 Å². The minimum atomic E-state index is -0.929. The lowest BCUT2D eigenvalue weighted by molar-refractivity contribution is -0.137. The molecule has 1 aliphatic heterocycles. The Morgan fingerprint density at radius 2 is 1.97 bits per heavy atom. The second-order valence-electron chi connectivity index (χ2n) is 9.35. The van der Waals surface area contributed by atoms with E-state index in [-0.39, 0.29) is 24.4 Å². The number of urea groups is 1. The zero-order valence-corrected chi connectivity index (χ0v) is 18.0. The summed E-state index contributed by atoms with van der Waals surface area (Å²) in [6, 6.07) is 6.33. The molecule has 3 rings (SSSR count). The first-order valence-corrected chi connectivity index (χ1v) is 10.3. The topological polar surface area (TPSA) is 108 Å².